The summed E-state index contributed by atoms with van der Waals surface area (Å²) in [6, 6.07) is 27.1. The Morgan fingerprint density at radius 3 is 1.88 bits per heavy atom. The largest absolute Gasteiger partial charge is 0.387 e. The molecule has 4 aromatic rings. The molecule has 120 valence electrons. The molecule has 1 N–H and O–H groups in total. The average Bonchev–Trinajstić information content (AvgIpc) is 2.69. The van der Waals surface area contributed by atoms with E-state index in [1.807, 2.05) is 18.2 Å². The van der Waals surface area contributed by atoms with Crippen molar-refractivity contribution in [2.45, 2.75) is 12.0 Å². The van der Waals surface area contributed by atoms with E-state index in [4.69, 9.17) is 0 Å². The highest BCUT2D eigenvalue weighted by Crippen LogP contribution is 2.45. The molecular weight excluding hydrogens is 304 g/mol. The third kappa shape index (κ3) is 2.13. The third-order valence-electron chi connectivity index (χ3n) is 5.31. The van der Waals surface area contributed by atoms with Gasteiger partial charge in [0, 0.05) is 5.92 Å². The molecular formula is C24H18O. The van der Waals surface area contributed by atoms with E-state index in [0.717, 1.165) is 22.1 Å². The lowest BCUT2D eigenvalue weighted by atomic mass is 9.78. The topological polar surface area (TPSA) is 20.2 Å². The molecule has 4 aromatic carbocycles. The second-order valence-electron chi connectivity index (χ2n) is 6.66. The Balaban J connectivity index is 1.85. The lowest BCUT2D eigenvalue weighted by Crippen LogP contribution is -2.14. The number of hydrogen-bond acceptors (Lipinski definition) is 1. The normalized spacial score (nSPS) is 19.2. The molecule has 0 aliphatic heterocycles. The number of hydrogen-bond donors (Lipinski definition) is 1. The van der Waals surface area contributed by atoms with Gasteiger partial charge in [0.1, 0.15) is 0 Å². The standard InChI is InChI=1S/C24H18O/c25-24-17(16-8-2-1-3-9-16)14-15-22-20-12-5-4-10-18(20)19-11-6-7-13-21(19)23(22)24/h1-15,17,24-25H. The van der Waals surface area contributed by atoms with Crippen LogP contribution in [0.5, 0.6) is 0 Å². The predicted octanol–water partition coefficient (Wildman–Crippen LogP) is 5.84. The first-order valence-electron chi connectivity index (χ1n) is 8.69. The molecule has 1 heteroatoms. The molecule has 0 amide bonds. The van der Waals surface area contributed by atoms with Crippen molar-refractivity contribution >= 4 is 27.6 Å². The van der Waals surface area contributed by atoms with Crippen LogP contribution in [0.3, 0.4) is 0 Å². The first-order chi connectivity index (χ1) is 12.3. The highest BCUT2D eigenvalue weighted by atomic mass is 16.3. The summed E-state index contributed by atoms with van der Waals surface area (Å²) in [6.45, 7) is 0. The van der Waals surface area contributed by atoms with Crippen LogP contribution >= 0.6 is 0 Å². The zero-order valence-electron chi connectivity index (χ0n) is 13.8. The predicted molar refractivity (Wildman–Crippen MR) is 105 cm³/mol. The molecule has 0 spiro atoms. The highest BCUT2D eigenvalue weighted by Gasteiger charge is 2.28. The van der Waals surface area contributed by atoms with Crippen molar-refractivity contribution in [2.75, 3.05) is 0 Å². The summed E-state index contributed by atoms with van der Waals surface area (Å²) in [4.78, 5) is 0. The molecule has 1 aliphatic carbocycles. The van der Waals surface area contributed by atoms with Crippen LogP contribution in [0.4, 0.5) is 0 Å². The van der Waals surface area contributed by atoms with Crippen LogP contribution in [0.1, 0.15) is 28.7 Å². The number of aliphatic hydroxyl groups excluding tert-OH is 1. The number of rotatable bonds is 1. The summed E-state index contributed by atoms with van der Waals surface area (Å²) in [5.74, 6) is -0.0155. The van der Waals surface area contributed by atoms with Crippen molar-refractivity contribution < 1.29 is 5.11 Å². The van der Waals surface area contributed by atoms with Gasteiger partial charge in [-0.1, -0.05) is 91.0 Å². The fourth-order valence-electron chi connectivity index (χ4n) is 4.15. The molecule has 0 saturated heterocycles. The molecule has 0 bridgehead atoms. The molecule has 2 unspecified atom stereocenters. The maximum atomic E-state index is 11.3. The van der Waals surface area contributed by atoms with Crippen molar-refractivity contribution in [1.29, 1.82) is 0 Å². The second-order valence-corrected chi connectivity index (χ2v) is 6.66. The molecule has 2 atom stereocenters. The van der Waals surface area contributed by atoms with Crippen molar-refractivity contribution in [3.63, 3.8) is 0 Å². The van der Waals surface area contributed by atoms with E-state index in [1.54, 1.807) is 0 Å². The smallest absolute Gasteiger partial charge is 0.0905 e. The molecule has 0 fully saturated rings. The van der Waals surface area contributed by atoms with Crippen LogP contribution in [0.15, 0.2) is 84.9 Å². The van der Waals surface area contributed by atoms with Gasteiger partial charge in [0.05, 0.1) is 6.10 Å². The summed E-state index contributed by atoms with van der Waals surface area (Å²) in [6.07, 6.45) is 3.79. The van der Waals surface area contributed by atoms with Gasteiger partial charge in [-0.05, 0) is 38.2 Å². The van der Waals surface area contributed by atoms with Gasteiger partial charge in [-0.2, -0.15) is 0 Å². The number of benzene rings is 4. The molecule has 0 radical (unpaired) electrons. The van der Waals surface area contributed by atoms with Gasteiger partial charge in [0.2, 0.25) is 0 Å². The van der Waals surface area contributed by atoms with Crippen molar-refractivity contribution in [1.82, 2.24) is 0 Å². The Morgan fingerprint density at radius 2 is 1.16 bits per heavy atom. The van der Waals surface area contributed by atoms with E-state index in [9.17, 15) is 5.11 Å². The molecule has 25 heavy (non-hydrogen) atoms. The summed E-state index contributed by atoms with van der Waals surface area (Å²) in [5.41, 5.74) is 3.34. The van der Waals surface area contributed by atoms with Gasteiger partial charge >= 0.3 is 0 Å². The number of aliphatic hydroxyl groups is 1. The average molecular weight is 322 g/mol. The lowest BCUT2D eigenvalue weighted by Gasteiger charge is -2.29. The fourth-order valence-corrected chi connectivity index (χ4v) is 4.15. The lowest BCUT2D eigenvalue weighted by molar-refractivity contribution is 0.162. The first kappa shape index (κ1) is 14.4. The second kappa shape index (κ2) is 5.58. The summed E-state index contributed by atoms with van der Waals surface area (Å²) < 4.78 is 0. The van der Waals surface area contributed by atoms with Gasteiger partial charge in [0.15, 0.2) is 0 Å². The zero-order chi connectivity index (χ0) is 16.8. The fraction of sp³-hybridized carbons (Fsp3) is 0.0833. The molecule has 0 saturated carbocycles. The monoisotopic (exact) mass is 322 g/mol. The van der Waals surface area contributed by atoms with Crippen LogP contribution in [0, 0.1) is 0 Å². The zero-order valence-corrected chi connectivity index (χ0v) is 13.8. The summed E-state index contributed by atoms with van der Waals surface area (Å²) in [5, 5.41) is 16.1. The highest BCUT2D eigenvalue weighted by molar-refractivity contribution is 6.13. The van der Waals surface area contributed by atoms with E-state index in [1.165, 1.54) is 16.2 Å². The quantitative estimate of drug-likeness (QED) is 0.437. The van der Waals surface area contributed by atoms with Crippen LogP contribution in [0.2, 0.25) is 0 Å². The van der Waals surface area contributed by atoms with Gasteiger partial charge in [0.25, 0.3) is 0 Å². The minimum absolute atomic E-state index is 0.0155. The van der Waals surface area contributed by atoms with Crippen molar-refractivity contribution in [2.24, 2.45) is 0 Å². The summed E-state index contributed by atoms with van der Waals surface area (Å²) >= 11 is 0. The molecule has 5 rings (SSSR count). The van der Waals surface area contributed by atoms with E-state index < -0.39 is 6.10 Å². The third-order valence-corrected chi connectivity index (χ3v) is 5.31. The Morgan fingerprint density at radius 1 is 0.600 bits per heavy atom. The molecule has 0 heterocycles. The first-order valence-corrected chi connectivity index (χ1v) is 8.69. The van der Waals surface area contributed by atoms with Crippen LogP contribution in [-0.4, -0.2) is 5.11 Å². The Bertz CT molecular complexity index is 1110. The maximum absolute atomic E-state index is 11.3. The van der Waals surface area contributed by atoms with Crippen molar-refractivity contribution in [3.8, 4) is 0 Å². The molecule has 1 nitrogen and oxygen atoms in total. The van der Waals surface area contributed by atoms with Crippen LogP contribution in [-0.2, 0) is 0 Å². The van der Waals surface area contributed by atoms with Crippen LogP contribution in [0.25, 0.3) is 27.6 Å². The Labute approximate surface area is 146 Å². The van der Waals surface area contributed by atoms with E-state index in [0.29, 0.717) is 0 Å². The number of fused-ring (bicyclic) bond motifs is 6. The minimum atomic E-state index is -0.545. The van der Waals surface area contributed by atoms with Gasteiger partial charge in [-0.15, -0.1) is 0 Å². The van der Waals surface area contributed by atoms with Gasteiger partial charge in [-0.3, -0.25) is 0 Å². The van der Waals surface area contributed by atoms with Gasteiger partial charge < -0.3 is 5.11 Å². The maximum Gasteiger partial charge on any atom is 0.0905 e. The van der Waals surface area contributed by atoms with E-state index in [2.05, 4.69) is 72.8 Å². The SMILES string of the molecule is OC1c2c(c3ccccc3c3ccccc23)C=CC1c1ccccc1. The van der Waals surface area contributed by atoms with E-state index in [-0.39, 0.29) is 5.92 Å². The Hall–Kier alpha value is -2.90. The molecule has 0 aromatic heterocycles. The van der Waals surface area contributed by atoms with Crippen molar-refractivity contribution in [3.05, 3.63) is 102 Å². The minimum Gasteiger partial charge on any atom is -0.387 e. The van der Waals surface area contributed by atoms with E-state index >= 15 is 0 Å². The van der Waals surface area contributed by atoms with Gasteiger partial charge in [-0.25, -0.2) is 0 Å². The van der Waals surface area contributed by atoms with Crippen LogP contribution < -0.4 is 0 Å². The Kier molecular flexibility index (Phi) is 3.22. The molecule has 1 aliphatic rings. The summed E-state index contributed by atoms with van der Waals surface area (Å²) in [7, 11) is 0.